The lowest BCUT2D eigenvalue weighted by Gasteiger charge is -2.65. The van der Waals surface area contributed by atoms with Crippen molar-refractivity contribution in [2.45, 2.75) is 77.2 Å². The van der Waals surface area contributed by atoms with Crippen LogP contribution in [-0.2, 0) is 9.59 Å². The van der Waals surface area contributed by atoms with E-state index in [2.05, 4.69) is 29.8 Å². The highest BCUT2D eigenvalue weighted by Gasteiger charge is 2.60. The molecule has 4 bridgehead atoms. The minimum atomic E-state index is -0.695. The summed E-state index contributed by atoms with van der Waals surface area (Å²) in [5.74, 6) is -1.79. The van der Waals surface area contributed by atoms with E-state index in [1.165, 1.54) is 41.8 Å². The van der Waals surface area contributed by atoms with Crippen molar-refractivity contribution in [1.82, 2.24) is 21.0 Å². The molecule has 5 fully saturated rings. The van der Waals surface area contributed by atoms with E-state index in [4.69, 9.17) is 5.21 Å². The molecule has 5 N–H and O–H groups in total. The molecule has 2 unspecified atom stereocenters. The van der Waals surface area contributed by atoms with Crippen molar-refractivity contribution in [3.05, 3.63) is 29.6 Å². The lowest BCUT2D eigenvalue weighted by molar-refractivity contribution is -0.129. The highest BCUT2D eigenvalue weighted by Crippen LogP contribution is 2.66. The number of carbonyl (C=O) groups is 4. The number of carbonyl (C=O) groups excluding carboxylic acids is 4. The molecule has 1 aromatic rings. The van der Waals surface area contributed by atoms with Gasteiger partial charge in [-0.3, -0.25) is 19.6 Å². The summed E-state index contributed by atoms with van der Waals surface area (Å²) in [7, 11) is 0. The fourth-order valence-corrected chi connectivity index (χ4v) is 8.79. The van der Waals surface area contributed by atoms with Gasteiger partial charge in [-0.05, 0) is 86.3 Å². The largest absolute Gasteiger partial charge is 0.355 e. The molecule has 5 atom stereocenters. The third-order valence-corrected chi connectivity index (χ3v) is 9.32. The van der Waals surface area contributed by atoms with Gasteiger partial charge in [0.25, 0.3) is 5.91 Å². The monoisotopic (exact) mass is 557 g/mol. The average Bonchev–Trinajstić information content (AvgIpc) is 2.86. The molecule has 4 saturated carbocycles. The smallest absolute Gasteiger partial charge is 0.319 e. The predicted molar refractivity (Wildman–Crippen MR) is 145 cm³/mol. The number of hydrogen-bond acceptors (Lipinski definition) is 5. The van der Waals surface area contributed by atoms with E-state index >= 15 is 4.39 Å². The number of halogens is 1. The van der Waals surface area contributed by atoms with Crippen LogP contribution in [0.3, 0.4) is 0 Å². The second-order valence-corrected chi connectivity index (χ2v) is 13.4. The number of nitrogens with one attached hydrogen (secondary N) is 4. The summed E-state index contributed by atoms with van der Waals surface area (Å²) in [6.45, 7) is 5.36. The molecule has 11 heteroatoms. The summed E-state index contributed by atoms with van der Waals surface area (Å²) >= 11 is 0. The zero-order chi connectivity index (χ0) is 28.7. The molecule has 5 aliphatic rings. The fourth-order valence-electron chi connectivity index (χ4n) is 8.79. The summed E-state index contributed by atoms with van der Waals surface area (Å²) in [6.07, 6.45) is 7.62. The number of hydroxylamine groups is 1. The molecule has 0 spiro atoms. The van der Waals surface area contributed by atoms with E-state index < -0.39 is 23.7 Å². The van der Waals surface area contributed by atoms with Gasteiger partial charge in [-0.25, -0.2) is 14.7 Å². The topological polar surface area (TPSA) is 140 Å². The molecule has 218 valence electrons. The number of hydrogen-bond donors (Lipinski definition) is 5. The van der Waals surface area contributed by atoms with Crippen molar-refractivity contribution in [1.29, 1.82) is 0 Å². The van der Waals surface area contributed by atoms with Gasteiger partial charge < -0.3 is 20.9 Å². The van der Waals surface area contributed by atoms with Crippen LogP contribution in [0, 0.1) is 28.5 Å². The average molecular weight is 558 g/mol. The Balaban J connectivity index is 1.17. The summed E-state index contributed by atoms with van der Waals surface area (Å²) in [4.78, 5) is 51.3. The maximum Gasteiger partial charge on any atom is 0.319 e. The van der Waals surface area contributed by atoms with Gasteiger partial charge in [0.2, 0.25) is 11.8 Å². The lowest BCUT2D eigenvalue weighted by atomic mass is 9.43. The fraction of sp³-hybridized carbons (Fsp3) is 0.655. The number of likely N-dealkylation sites (tertiary alicyclic amines) is 1. The third kappa shape index (κ3) is 5.94. The number of benzene rings is 1. The quantitative estimate of drug-likeness (QED) is 0.258. The molecule has 1 aliphatic heterocycles. The van der Waals surface area contributed by atoms with Crippen LogP contribution in [0.25, 0.3) is 0 Å². The minimum Gasteiger partial charge on any atom is -0.355 e. The highest BCUT2D eigenvalue weighted by molar-refractivity contribution is 5.96. The van der Waals surface area contributed by atoms with Crippen molar-refractivity contribution in [3.8, 4) is 0 Å². The number of rotatable bonds is 7. The molecule has 4 aliphatic carbocycles. The van der Waals surface area contributed by atoms with Crippen LogP contribution in [0.4, 0.5) is 14.9 Å². The van der Waals surface area contributed by atoms with Crippen LogP contribution in [0.2, 0.25) is 0 Å². The lowest BCUT2D eigenvalue weighted by Crippen LogP contribution is -2.65. The number of urea groups is 1. The Morgan fingerprint density at radius 1 is 1.07 bits per heavy atom. The van der Waals surface area contributed by atoms with E-state index in [1.54, 1.807) is 0 Å². The van der Waals surface area contributed by atoms with Gasteiger partial charge in [0, 0.05) is 37.2 Å². The predicted octanol–water partition coefficient (Wildman–Crippen LogP) is 3.56. The first-order valence-corrected chi connectivity index (χ1v) is 14.3. The number of anilines is 1. The zero-order valence-electron chi connectivity index (χ0n) is 23.3. The molecule has 10 nitrogen and oxygen atoms in total. The van der Waals surface area contributed by atoms with E-state index in [9.17, 15) is 19.2 Å². The highest BCUT2D eigenvalue weighted by atomic mass is 19.1. The van der Waals surface area contributed by atoms with Crippen LogP contribution >= 0.6 is 0 Å². The van der Waals surface area contributed by atoms with Gasteiger partial charge in [0.05, 0.1) is 11.6 Å². The summed E-state index contributed by atoms with van der Waals surface area (Å²) in [5, 5.41) is 17.1. The van der Waals surface area contributed by atoms with Gasteiger partial charge in [-0.15, -0.1) is 0 Å². The van der Waals surface area contributed by atoms with E-state index in [1.807, 2.05) is 0 Å². The Kier molecular flexibility index (Phi) is 7.54. The Morgan fingerprint density at radius 2 is 1.80 bits per heavy atom. The van der Waals surface area contributed by atoms with Crippen LogP contribution in [0.15, 0.2) is 18.2 Å². The second kappa shape index (κ2) is 10.6. The normalized spacial score (nSPS) is 32.4. The van der Waals surface area contributed by atoms with Crippen LogP contribution in [-0.4, -0.2) is 59.0 Å². The van der Waals surface area contributed by atoms with Crippen molar-refractivity contribution in [3.63, 3.8) is 0 Å². The van der Waals surface area contributed by atoms with Crippen molar-refractivity contribution in [2.24, 2.45) is 22.7 Å². The van der Waals surface area contributed by atoms with Gasteiger partial charge in [-0.2, -0.15) is 0 Å². The number of piperidine rings is 1. The number of amides is 5. The minimum absolute atomic E-state index is 0.0130. The zero-order valence-corrected chi connectivity index (χ0v) is 23.3. The van der Waals surface area contributed by atoms with Crippen LogP contribution < -0.4 is 21.4 Å². The summed E-state index contributed by atoms with van der Waals surface area (Å²) in [6, 6.07) is 3.60. The molecule has 1 heterocycles. The molecule has 40 heavy (non-hydrogen) atoms. The SMILES string of the molecule is C[C@]12CC3CC(NC(=O)Nc4ccc(C(=O)N5CCC[C@H](C(=O)NCCC(=O)NO)C5)cc4F)(C1)C[C@@](C)(C3)C2. The Labute approximate surface area is 233 Å². The Hall–Kier alpha value is -3.21. The Bertz CT molecular complexity index is 1190. The van der Waals surface area contributed by atoms with E-state index in [-0.39, 0.29) is 58.9 Å². The first-order chi connectivity index (χ1) is 18.9. The molecule has 0 aromatic heterocycles. The van der Waals surface area contributed by atoms with Crippen molar-refractivity contribution in [2.75, 3.05) is 25.0 Å². The summed E-state index contributed by atoms with van der Waals surface area (Å²) in [5.41, 5.74) is 1.88. The molecule has 0 radical (unpaired) electrons. The molecule has 6 rings (SSSR count). The van der Waals surface area contributed by atoms with Crippen molar-refractivity contribution >= 4 is 29.4 Å². The van der Waals surface area contributed by atoms with E-state index in [0.29, 0.717) is 25.3 Å². The second-order valence-electron chi connectivity index (χ2n) is 13.4. The maximum absolute atomic E-state index is 15.1. The van der Waals surface area contributed by atoms with Crippen LogP contribution in [0.5, 0.6) is 0 Å². The van der Waals surface area contributed by atoms with Gasteiger partial charge in [0.1, 0.15) is 5.82 Å². The molecule has 1 aromatic carbocycles. The molecule has 5 amide bonds. The van der Waals surface area contributed by atoms with E-state index in [0.717, 1.165) is 25.3 Å². The van der Waals surface area contributed by atoms with Crippen molar-refractivity contribution < 1.29 is 28.8 Å². The maximum atomic E-state index is 15.1. The first kappa shape index (κ1) is 28.3. The van der Waals surface area contributed by atoms with Gasteiger partial charge in [0.15, 0.2) is 0 Å². The molecular formula is C29H40FN5O5. The molecular weight excluding hydrogens is 517 g/mol. The number of nitrogens with zero attached hydrogens (tertiary/aromatic N) is 1. The van der Waals surface area contributed by atoms with Crippen LogP contribution in [0.1, 0.15) is 82.0 Å². The Morgan fingerprint density at radius 3 is 2.45 bits per heavy atom. The molecule has 1 saturated heterocycles. The summed E-state index contributed by atoms with van der Waals surface area (Å²) < 4.78 is 15.1. The van der Waals surface area contributed by atoms with Gasteiger partial charge in [-0.1, -0.05) is 13.8 Å². The standard InChI is InChI=1S/C29H40FN5O5/c1-27-11-18-12-28(2,15-27)17-29(13-18,16-27)33-26(39)32-22-6-5-19(10-21(22)30)25(38)35-9-3-4-20(14-35)24(37)31-8-7-23(36)34-40/h5-6,10,18,20,40H,3-4,7-9,11-17H2,1-2H3,(H,31,37)(H,34,36)(H2,32,33,39)/t18?,20-,27-,28+,29?/m0/s1. The van der Waals surface area contributed by atoms with Gasteiger partial charge >= 0.3 is 6.03 Å². The third-order valence-electron chi connectivity index (χ3n) is 9.32. The first-order valence-electron chi connectivity index (χ1n) is 14.3.